The minimum Gasteiger partial charge on any atom is -0.311 e. The molecular formula is C16H21NS. The molecule has 18 heavy (non-hydrogen) atoms. The molecule has 0 unspecified atom stereocenters. The zero-order valence-electron chi connectivity index (χ0n) is 10.8. The van der Waals surface area contributed by atoms with E-state index >= 15 is 0 Å². The van der Waals surface area contributed by atoms with E-state index in [1.165, 1.54) is 17.7 Å². The van der Waals surface area contributed by atoms with Crippen LogP contribution in [0.2, 0.25) is 0 Å². The van der Waals surface area contributed by atoms with E-state index in [1.807, 2.05) is 11.3 Å². The van der Waals surface area contributed by atoms with Gasteiger partial charge in [0, 0.05) is 18.0 Å². The lowest BCUT2D eigenvalue weighted by atomic mass is 9.73. The number of fused-ring (bicyclic) bond motifs is 2. The Labute approximate surface area is 114 Å². The van der Waals surface area contributed by atoms with Gasteiger partial charge in [0.15, 0.2) is 0 Å². The fraction of sp³-hybridized carbons (Fsp3) is 0.500. The maximum atomic E-state index is 3.96. The molecule has 2 aliphatic carbocycles. The van der Waals surface area contributed by atoms with Crippen LogP contribution in [0.1, 0.15) is 24.1 Å². The summed E-state index contributed by atoms with van der Waals surface area (Å²) in [6.07, 6.45) is 10.8. The first kappa shape index (κ1) is 12.2. The molecule has 1 saturated carbocycles. The van der Waals surface area contributed by atoms with Gasteiger partial charge in [0.25, 0.3) is 0 Å². The zero-order valence-corrected chi connectivity index (χ0v) is 11.6. The second-order valence-electron chi connectivity index (χ2n) is 5.73. The fourth-order valence-electron chi connectivity index (χ4n) is 3.70. The molecule has 0 radical (unpaired) electrons. The van der Waals surface area contributed by atoms with Gasteiger partial charge in [0.05, 0.1) is 0 Å². The van der Waals surface area contributed by atoms with Gasteiger partial charge in [-0.05, 0) is 48.0 Å². The van der Waals surface area contributed by atoms with Crippen LogP contribution in [0.5, 0.6) is 0 Å². The molecule has 96 valence electrons. The van der Waals surface area contributed by atoms with Crippen LogP contribution in [0.15, 0.2) is 42.3 Å². The monoisotopic (exact) mass is 259 g/mol. The fourth-order valence-corrected chi connectivity index (χ4v) is 4.37. The van der Waals surface area contributed by atoms with E-state index in [1.54, 1.807) is 0 Å². The van der Waals surface area contributed by atoms with Crippen molar-refractivity contribution in [2.75, 3.05) is 6.54 Å². The quantitative estimate of drug-likeness (QED) is 0.762. The molecule has 3 atom stereocenters. The Balaban J connectivity index is 1.61. The Morgan fingerprint density at radius 1 is 1.50 bits per heavy atom. The van der Waals surface area contributed by atoms with Crippen molar-refractivity contribution in [3.8, 4) is 0 Å². The van der Waals surface area contributed by atoms with Crippen LogP contribution in [0, 0.1) is 17.3 Å². The first-order valence-electron chi connectivity index (χ1n) is 6.85. The van der Waals surface area contributed by atoms with Gasteiger partial charge in [-0.1, -0.05) is 24.3 Å². The Morgan fingerprint density at radius 2 is 2.44 bits per heavy atom. The molecule has 2 bridgehead atoms. The average molecular weight is 259 g/mol. The van der Waals surface area contributed by atoms with Crippen molar-refractivity contribution >= 4 is 11.3 Å². The summed E-state index contributed by atoms with van der Waals surface area (Å²) in [4.78, 5) is 1.43. The van der Waals surface area contributed by atoms with E-state index in [4.69, 9.17) is 0 Å². The van der Waals surface area contributed by atoms with Crippen LogP contribution in [0.4, 0.5) is 0 Å². The lowest BCUT2D eigenvalue weighted by Crippen LogP contribution is -2.37. The highest BCUT2D eigenvalue weighted by Crippen LogP contribution is 2.53. The standard InChI is InChI=1S/C16H21NS/c1-2-7-16(10-13-5-6-14(16)9-13)12-17-11-15-4-3-8-18-15/h2-6,8,13-14,17H,1,7,9-12H2/t13-,14+,16+/m0/s1. The van der Waals surface area contributed by atoms with E-state index in [2.05, 4.69) is 47.6 Å². The lowest BCUT2D eigenvalue weighted by molar-refractivity contribution is 0.221. The largest absolute Gasteiger partial charge is 0.311 e. The molecule has 0 aliphatic heterocycles. The topological polar surface area (TPSA) is 12.0 Å². The third kappa shape index (κ3) is 2.19. The SMILES string of the molecule is C=CC[C@]1(CNCc2cccs2)C[C@H]2C=C[C@@H]1C2. The predicted octanol–water partition coefficient (Wildman–Crippen LogP) is 4.00. The molecule has 0 amide bonds. The number of hydrogen-bond acceptors (Lipinski definition) is 2. The van der Waals surface area contributed by atoms with Crippen LogP contribution in [0.3, 0.4) is 0 Å². The highest BCUT2D eigenvalue weighted by atomic mass is 32.1. The van der Waals surface area contributed by atoms with Gasteiger partial charge < -0.3 is 5.32 Å². The van der Waals surface area contributed by atoms with Crippen molar-refractivity contribution in [1.82, 2.24) is 5.32 Å². The minimum absolute atomic E-state index is 0.443. The van der Waals surface area contributed by atoms with E-state index in [0.717, 1.165) is 31.3 Å². The van der Waals surface area contributed by atoms with Gasteiger partial charge >= 0.3 is 0 Å². The normalized spacial score (nSPS) is 33.1. The van der Waals surface area contributed by atoms with E-state index in [9.17, 15) is 0 Å². The number of hydrogen-bond donors (Lipinski definition) is 1. The average Bonchev–Trinajstić information content (AvgIpc) is 3.05. The Kier molecular flexibility index (Phi) is 3.40. The van der Waals surface area contributed by atoms with Crippen LogP contribution >= 0.6 is 11.3 Å². The summed E-state index contributed by atoms with van der Waals surface area (Å²) in [6.45, 7) is 6.10. The molecule has 1 aromatic heterocycles. The minimum atomic E-state index is 0.443. The second kappa shape index (κ2) is 5.02. The Hall–Kier alpha value is -0.860. The van der Waals surface area contributed by atoms with Crippen LogP contribution in [-0.4, -0.2) is 6.54 Å². The lowest BCUT2D eigenvalue weighted by Gasteiger charge is -2.35. The summed E-state index contributed by atoms with van der Waals surface area (Å²) in [6, 6.07) is 4.33. The molecule has 1 aromatic rings. The van der Waals surface area contributed by atoms with Crippen molar-refractivity contribution in [2.24, 2.45) is 17.3 Å². The van der Waals surface area contributed by atoms with E-state index in [-0.39, 0.29) is 0 Å². The first-order chi connectivity index (χ1) is 8.82. The van der Waals surface area contributed by atoms with Gasteiger partial charge in [0.2, 0.25) is 0 Å². The summed E-state index contributed by atoms with van der Waals surface area (Å²) in [7, 11) is 0. The van der Waals surface area contributed by atoms with Gasteiger partial charge in [-0.2, -0.15) is 0 Å². The van der Waals surface area contributed by atoms with Gasteiger partial charge in [-0.15, -0.1) is 17.9 Å². The second-order valence-corrected chi connectivity index (χ2v) is 6.76. The van der Waals surface area contributed by atoms with E-state index < -0.39 is 0 Å². The third-order valence-electron chi connectivity index (χ3n) is 4.53. The summed E-state index contributed by atoms with van der Waals surface area (Å²) < 4.78 is 0. The molecule has 3 rings (SSSR count). The van der Waals surface area contributed by atoms with Crippen molar-refractivity contribution in [1.29, 1.82) is 0 Å². The Bertz CT molecular complexity index is 434. The van der Waals surface area contributed by atoms with Gasteiger partial charge in [0.1, 0.15) is 0 Å². The number of rotatable bonds is 6. The number of allylic oxidation sites excluding steroid dienone is 3. The predicted molar refractivity (Wildman–Crippen MR) is 78.6 cm³/mol. The van der Waals surface area contributed by atoms with Gasteiger partial charge in [-0.25, -0.2) is 0 Å². The third-order valence-corrected chi connectivity index (χ3v) is 5.41. The van der Waals surface area contributed by atoms with Crippen molar-refractivity contribution in [2.45, 2.75) is 25.8 Å². The first-order valence-corrected chi connectivity index (χ1v) is 7.73. The molecule has 0 aromatic carbocycles. The van der Waals surface area contributed by atoms with Crippen molar-refractivity contribution in [3.05, 3.63) is 47.2 Å². The molecule has 1 N–H and O–H groups in total. The maximum absolute atomic E-state index is 3.96. The summed E-state index contributed by atoms with van der Waals surface area (Å²) in [5.41, 5.74) is 0.443. The van der Waals surface area contributed by atoms with Gasteiger partial charge in [-0.3, -0.25) is 0 Å². The van der Waals surface area contributed by atoms with Crippen LogP contribution in [-0.2, 0) is 6.54 Å². The molecule has 2 heteroatoms. The summed E-state index contributed by atoms with van der Waals surface area (Å²) in [5.74, 6) is 1.61. The van der Waals surface area contributed by atoms with E-state index in [0.29, 0.717) is 5.41 Å². The smallest absolute Gasteiger partial charge is 0.0299 e. The Morgan fingerprint density at radius 3 is 3.06 bits per heavy atom. The molecule has 2 aliphatic rings. The van der Waals surface area contributed by atoms with Crippen molar-refractivity contribution < 1.29 is 0 Å². The molecule has 1 fully saturated rings. The maximum Gasteiger partial charge on any atom is 0.0299 e. The van der Waals surface area contributed by atoms with Crippen molar-refractivity contribution in [3.63, 3.8) is 0 Å². The molecule has 1 heterocycles. The van der Waals surface area contributed by atoms with Crippen LogP contribution < -0.4 is 5.32 Å². The molecule has 1 nitrogen and oxygen atoms in total. The molecule has 0 saturated heterocycles. The highest BCUT2D eigenvalue weighted by molar-refractivity contribution is 7.09. The summed E-state index contributed by atoms with van der Waals surface area (Å²) >= 11 is 1.84. The number of thiophene rings is 1. The number of nitrogens with one attached hydrogen (secondary N) is 1. The van der Waals surface area contributed by atoms with Crippen LogP contribution in [0.25, 0.3) is 0 Å². The zero-order chi connectivity index (χ0) is 12.4. The summed E-state index contributed by atoms with van der Waals surface area (Å²) in [5, 5.41) is 5.82. The molecule has 0 spiro atoms. The highest BCUT2D eigenvalue weighted by Gasteiger charge is 2.46. The molecular weight excluding hydrogens is 238 g/mol.